The number of alkyl carbamates (subject to hydrolysis) is 1. The van der Waals surface area contributed by atoms with Crippen LogP contribution in [0.4, 0.5) is 73.8 Å². The number of hydrogen-bond acceptors (Lipinski definition) is 30. The smallest absolute Gasteiger partial charge is 0.408 e. The van der Waals surface area contributed by atoms with E-state index < -0.39 is 89.1 Å². The van der Waals surface area contributed by atoms with E-state index in [1.807, 2.05) is 6.07 Å². The van der Waals surface area contributed by atoms with Crippen molar-refractivity contribution in [3.8, 4) is 34.5 Å². The summed E-state index contributed by atoms with van der Waals surface area (Å²) in [6.07, 6.45) is -0.832. The van der Waals surface area contributed by atoms with Crippen molar-refractivity contribution in [1.29, 1.82) is 0 Å². The third kappa shape index (κ3) is 28.9. The van der Waals surface area contributed by atoms with E-state index in [1.165, 1.54) is 104 Å². The summed E-state index contributed by atoms with van der Waals surface area (Å²) < 4.78 is 129. The summed E-state index contributed by atoms with van der Waals surface area (Å²) in [6.45, 7) is 14.8. The summed E-state index contributed by atoms with van der Waals surface area (Å²) in [5, 5.41) is 25.5. The normalized spacial score (nSPS) is 11.9. The number of fused-ring (bicyclic) bond motifs is 3. The Kier molecular flexibility index (Phi) is 33.5. The van der Waals surface area contributed by atoms with Crippen LogP contribution in [0.15, 0.2) is 215 Å². The molecule has 9 aromatic carbocycles. The van der Waals surface area contributed by atoms with E-state index in [2.05, 4.69) is 76.0 Å². The maximum atomic E-state index is 13.6. The lowest BCUT2D eigenvalue weighted by molar-refractivity contribution is -0.159. The first kappa shape index (κ1) is 98.1. The number of halogens is 1. The van der Waals surface area contributed by atoms with Gasteiger partial charge >= 0.3 is 18.0 Å². The highest BCUT2D eigenvalue weighted by Gasteiger charge is 2.28. The Hall–Kier alpha value is -14.4. The first-order chi connectivity index (χ1) is 59.5. The number of para-hydroxylation sites is 6. The minimum atomic E-state index is -4.22. The van der Waals surface area contributed by atoms with Gasteiger partial charge in [0.1, 0.15) is 51.7 Å². The lowest BCUT2D eigenvalue weighted by Gasteiger charge is -2.21. The van der Waals surface area contributed by atoms with Crippen LogP contribution in [-0.2, 0) is 58.7 Å². The lowest BCUT2D eigenvalue weighted by Crippen LogP contribution is -2.43. The number of carboxylic acids is 1. The van der Waals surface area contributed by atoms with Crippen molar-refractivity contribution in [2.75, 3.05) is 89.1 Å². The second-order valence-corrected chi connectivity index (χ2v) is 34.6. The lowest BCUT2D eigenvalue weighted by atomic mass is 10.1. The van der Waals surface area contributed by atoms with E-state index in [0.29, 0.717) is 90.3 Å². The van der Waals surface area contributed by atoms with Gasteiger partial charge in [-0.3, -0.25) is 33.3 Å². The molecule has 3 heterocycles. The molecule has 0 spiro atoms. The third-order valence-corrected chi connectivity index (χ3v) is 21.1. The minimum Gasteiger partial charge on any atom is -0.497 e. The van der Waals surface area contributed by atoms with E-state index >= 15 is 0 Å². The number of carboxylic acid groups (broad SMARTS) is 1. The molecule has 0 aliphatic carbocycles. The number of nitrogen functional groups attached to an aromatic ring is 1. The van der Waals surface area contributed by atoms with Crippen LogP contribution in [0.1, 0.15) is 68.7 Å². The van der Waals surface area contributed by atoms with Crippen LogP contribution in [-0.4, -0.2) is 156 Å². The molecule has 0 saturated carbocycles. The van der Waals surface area contributed by atoms with E-state index in [0.717, 1.165) is 0 Å². The second-order valence-electron chi connectivity index (χ2n) is 29.5. The van der Waals surface area contributed by atoms with Crippen LogP contribution in [0.3, 0.4) is 0 Å². The zero-order valence-electron chi connectivity index (χ0n) is 71.7. The highest BCUT2D eigenvalue weighted by Crippen LogP contribution is 2.37. The van der Waals surface area contributed by atoms with Gasteiger partial charge in [0.15, 0.2) is 34.9 Å². The summed E-state index contributed by atoms with van der Waals surface area (Å²) in [5.41, 5.74) is 15.7. The van der Waals surface area contributed by atoms with Gasteiger partial charge in [0, 0.05) is 88.7 Å². The number of carbonyl (C=O) groups is 5. The summed E-state index contributed by atoms with van der Waals surface area (Å²) in [6, 6.07) is 52.4. The number of hydrogen-bond donors (Lipinski definition) is 12. The van der Waals surface area contributed by atoms with Crippen LogP contribution in [0.25, 0.3) is 33.1 Å². The molecule has 12 aromatic rings. The molecule has 41 heteroatoms. The van der Waals surface area contributed by atoms with Crippen LogP contribution < -0.4 is 86.0 Å². The predicted octanol–water partition coefficient (Wildman–Crippen LogP) is 14.2. The van der Waals surface area contributed by atoms with Crippen LogP contribution in [0.2, 0.25) is 0 Å². The number of nitrogens with zero attached hydrogens (tertiary/aromatic N) is 6. The number of nitrogens with one attached hydrogen (secondary N) is 9. The van der Waals surface area contributed by atoms with E-state index in [1.54, 1.807) is 195 Å². The van der Waals surface area contributed by atoms with Gasteiger partial charge in [-0.15, -0.1) is 12.4 Å². The Morgan fingerprint density at radius 1 is 0.386 bits per heavy atom. The standard InChI is InChI=1S/C30H34N6O7S.C25H26N6O5S.C22H21N5O4S.C9H16O4.ClH/c1-18(31-29(38)43-30(2,3)4)28(37)33-19-10-9-11-23(16-19)44(39,40)36-27-26(34-24-12-7-8-13-25(24)35-27)32-20-14-21(41-5)17-22(15-20)42-6;1-15(26)25(32)28-16-7-6-8-20(13-16)37(33,34)31-24-23(29-21-9-4-5-10-22(21)30-24)27-17-11-18(35-2)14-19(12-17)36-3;1-30-16-11-15(12-17(13-16)31-2)24-21-22(26-20-9-4-3-8-19(20)25-21)27-32(28,29)18-7-5-6-14(23)10-18;1-6(8(11)12)5-7(10)13-9(2,3)4;/h7-18H,1-6H3,(H,31,38)(H,32,34)(H,33,37)(H,35,36);4-15H,26H2,1-3H3,(H,27,29)(H,28,32)(H,30,31);3-13H,23H2,1-2H3,(H,24,25)(H,26,27);6H,5H2,1-4H3,(H,11,12);1H/t18-;15-;;6-;/m00.1./s1. The summed E-state index contributed by atoms with van der Waals surface area (Å²) in [4.78, 5) is 85.2. The van der Waals surface area contributed by atoms with Crippen molar-refractivity contribution in [2.24, 2.45) is 11.7 Å². The predicted molar refractivity (Wildman–Crippen MR) is 488 cm³/mol. The van der Waals surface area contributed by atoms with Crippen molar-refractivity contribution >= 4 is 174 Å². The number of esters is 1. The van der Waals surface area contributed by atoms with Crippen molar-refractivity contribution in [3.05, 3.63) is 200 Å². The molecule has 3 atom stereocenters. The second kappa shape index (κ2) is 43.3. The van der Waals surface area contributed by atoms with Gasteiger partial charge in [0.05, 0.1) is 109 Å². The number of benzene rings is 9. The maximum absolute atomic E-state index is 13.6. The summed E-state index contributed by atoms with van der Waals surface area (Å²) in [7, 11) is -3.15. The highest BCUT2D eigenvalue weighted by molar-refractivity contribution is 7.93. The molecule has 0 saturated heterocycles. The third-order valence-electron chi connectivity index (χ3n) is 17.1. The molecule has 127 heavy (non-hydrogen) atoms. The quantitative estimate of drug-likeness (QED) is 0.0153. The van der Waals surface area contributed by atoms with Crippen molar-refractivity contribution in [2.45, 2.75) is 107 Å². The van der Waals surface area contributed by atoms with Gasteiger partial charge in [-0.1, -0.05) is 61.5 Å². The molecule has 37 nitrogen and oxygen atoms in total. The number of ether oxygens (including phenoxy) is 8. The van der Waals surface area contributed by atoms with Crippen molar-refractivity contribution in [1.82, 2.24) is 35.2 Å². The fraction of sp³-hybridized carbons (Fsp3) is 0.244. The molecular weight excluding hydrogens is 1720 g/mol. The van der Waals surface area contributed by atoms with E-state index in [-0.39, 0.29) is 79.8 Å². The molecule has 0 aliphatic heterocycles. The number of sulfonamides is 3. The molecule has 3 amide bonds. The fourth-order valence-corrected chi connectivity index (χ4v) is 14.2. The summed E-state index contributed by atoms with van der Waals surface area (Å²) >= 11 is 0. The number of carbonyl (C=O) groups excluding carboxylic acids is 4. The van der Waals surface area contributed by atoms with Gasteiger partial charge in [0.25, 0.3) is 30.1 Å². The number of rotatable bonds is 29. The van der Waals surface area contributed by atoms with E-state index in [9.17, 15) is 49.2 Å². The van der Waals surface area contributed by atoms with Crippen LogP contribution in [0, 0.1) is 5.92 Å². The number of anilines is 12. The molecule has 0 unspecified atom stereocenters. The van der Waals surface area contributed by atoms with Crippen LogP contribution in [0.5, 0.6) is 34.5 Å². The topological polar surface area (TPSA) is 519 Å². The zero-order valence-corrected chi connectivity index (χ0v) is 74.9. The number of amides is 3. The summed E-state index contributed by atoms with van der Waals surface area (Å²) in [5.74, 6) is 0.518. The Bertz CT molecular complexity index is 6260. The first-order valence-corrected chi connectivity index (χ1v) is 42.8. The number of aliphatic carboxylic acids is 1. The molecule has 0 fully saturated rings. The van der Waals surface area contributed by atoms with Crippen molar-refractivity contribution in [3.63, 3.8) is 0 Å². The SMILES string of the molecule is COc1cc(Nc2nc3ccccc3nc2NS(=O)(=O)c2cccc(N)c2)cc(OC)c1.COc1cc(Nc2nc3ccccc3nc2NS(=O)(=O)c2cccc(NC(=O)[C@H](C)N)c2)cc(OC)c1.COc1cc(Nc2nc3ccccc3nc2NS(=O)(=O)c2cccc(NC(=O)[C@H](C)NC(=O)OC(C)(C)C)c2)cc(OC)c1.C[C@H](CC(=O)OC(C)(C)C)C(=O)O.Cl. The molecule has 0 aliphatic rings. The number of methoxy groups -OCH3 is 6. The molecule has 12 rings (SSSR count). The Morgan fingerprint density at radius 3 is 0.961 bits per heavy atom. The molecule has 14 N–H and O–H groups in total. The molecule has 672 valence electrons. The first-order valence-electron chi connectivity index (χ1n) is 38.3. The average molecular weight is 1820 g/mol. The Morgan fingerprint density at radius 2 is 0.677 bits per heavy atom. The average Bonchev–Trinajstić information content (AvgIpc) is 0.792. The molecule has 0 radical (unpaired) electrons. The highest BCUT2D eigenvalue weighted by atomic mass is 35.5. The number of nitrogens with two attached hydrogens (primary N) is 2. The minimum absolute atomic E-state index is 0. The molecular formula is C86H98ClN17O20S3. The van der Waals surface area contributed by atoms with Gasteiger partial charge in [-0.25, -0.2) is 60.0 Å². The monoisotopic (exact) mass is 1820 g/mol. The maximum Gasteiger partial charge on any atom is 0.408 e. The zero-order chi connectivity index (χ0) is 92.0. The van der Waals surface area contributed by atoms with Crippen molar-refractivity contribution < 1.29 is 92.2 Å². The van der Waals surface area contributed by atoms with Gasteiger partial charge in [-0.2, -0.15) is 0 Å². The Labute approximate surface area is 739 Å². The van der Waals surface area contributed by atoms with Gasteiger partial charge in [0.2, 0.25) is 11.8 Å². The van der Waals surface area contributed by atoms with Gasteiger partial charge in [-0.05, 0) is 146 Å². The van der Waals surface area contributed by atoms with E-state index in [4.69, 9.17) is 54.5 Å². The fourth-order valence-electron chi connectivity index (χ4n) is 11.0. The molecule has 3 aromatic heterocycles. The largest absolute Gasteiger partial charge is 0.497 e. The van der Waals surface area contributed by atoms with Crippen LogP contribution >= 0.6 is 12.4 Å². The molecule has 0 bridgehead atoms. The Balaban J connectivity index is 0.000000221. The number of aromatic nitrogens is 6. The van der Waals surface area contributed by atoms with Gasteiger partial charge < -0.3 is 86.4 Å².